The van der Waals surface area contributed by atoms with E-state index in [0.29, 0.717) is 6.54 Å². The van der Waals surface area contributed by atoms with E-state index in [0.717, 1.165) is 11.1 Å². The molecule has 1 aliphatic heterocycles. The Labute approximate surface area is 105 Å². The molecule has 2 amide bonds. The molecule has 0 aromatic heterocycles. The molecule has 0 saturated carbocycles. The van der Waals surface area contributed by atoms with Crippen LogP contribution in [0.5, 0.6) is 0 Å². The van der Waals surface area contributed by atoms with Crippen molar-refractivity contribution in [3.05, 3.63) is 35.4 Å². The Morgan fingerprint density at radius 1 is 1.44 bits per heavy atom. The molecule has 0 radical (unpaired) electrons. The monoisotopic (exact) mass is 248 g/mol. The van der Waals surface area contributed by atoms with E-state index in [-0.39, 0.29) is 12.1 Å². The summed E-state index contributed by atoms with van der Waals surface area (Å²) in [6.45, 7) is 2.24. The molecule has 1 unspecified atom stereocenters. The fraction of sp³-hybridized carbons (Fsp3) is 0.385. The largest absolute Gasteiger partial charge is 0.481 e. The van der Waals surface area contributed by atoms with Crippen molar-refractivity contribution in [1.82, 2.24) is 10.2 Å². The van der Waals surface area contributed by atoms with Crippen LogP contribution < -0.4 is 5.32 Å². The quantitative estimate of drug-likeness (QED) is 0.853. The van der Waals surface area contributed by atoms with Gasteiger partial charge in [0.2, 0.25) is 0 Å². The number of benzene rings is 1. The molecule has 0 aliphatic carbocycles. The minimum Gasteiger partial charge on any atom is -0.481 e. The van der Waals surface area contributed by atoms with Gasteiger partial charge >= 0.3 is 12.0 Å². The number of rotatable bonds is 3. The summed E-state index contributed by atoms with van der Waals surface area (Å²) in [7, 11) is 1.75. The smallest absolute Gasteiger partial charge is 0.317 e. The highest BCUT2D eigenvalue weighted by Gasteiger charge is 2.28. The average molecular weight is 248 g/mol. The van der Waals surface area contributed by atoms with Crippen LogP contribution in [0.25, 0.3) is 0 Å². The van der Waals surface area contributed by atoms with E-state index in [1.807, 2.05) is 24.3 Å². The molecule has 2 atom stereocenters. The Morgan fingerprint density at radius 3 is 2.50 bits per heavy atom. The van der Waals surface area contributed by atoms with Crippen molar-refractivity contribution in [2.24, 2.45) is 0 Å². The van der Waals surface area contributed by atoms with Crippen molar-refractivity contribution < 1.29 is 14.7 Å². The lowest BCUT2D eigenvalue weighted by atomic mass is 9.98. The second-order valence-electron chi connectivity index (χ2n) is 4.54. The highest BCUT2D eigenvalue weighted by Crippen LogP contribution is 2.24. The molecule has 96 valence electrons. The number of nitrogens with one attached hydrogen (secondary N) is 1. The molecule has 5 nitrogen and oxygen atoms in total. The SMILES string of the molecule is C[C@H](C(=O)O)c1ccc(C2CNC(=O)N2C)cc1. The molecule has 2 N–H and O–H groups in total. The number of carboxylic acids is 1. The third kappa shape index (κ3) is 2.16. The van der Waals surface area contributed by atoms with Gasteiger partial charge in [-0.25, -0.2) is 4.79 Å². The molecular weight excluding hydrogens is 232 g/mol. The fourth-order valence-electron chi connectivity index (χ4n) is 2.08. The zero-order chi connectivity index (χ0) is 13.3. The maximum atomic E-state index is 11.4. The van der Waals surface area contributed by atoms with Gasteiger partial charge in [0.15, 0.2) is 0 Å². The van der Waals surface area contributed by atoms with Crippen LogP contribution in [0.4, 0.5) is 4.79 Å². The van der Waals surface area contributed by atoms with Crippen molar-refractivity contribution in [3.63, 3.8) is 0 Å². The number of hydrogen-bond donors (Lipinski definition) is 2. The number of aliphatic carboxylic acids is 1. The predicted octanol–water partition coefficient (Wildman–Crippen LogP) is 1.57. The Bertz CT molecular complexity index is 470. The van der Waals surface area contributed by atoms with Crippen molar-refractivity contribution in [3.8, 4) is 0 Å². The third-order valence-electron chi connectivity index (χ3n) is 3.43. The summed E-state index contributed by atoms with van der Waals surface area (Å²) in [4.78, 5) is 23.9. The van der Waals surface area contributed by atoms with Crippen molar-refractivity contribution >= 4 is 12.0 Å². The van der Waals surface area contributed by atoms with Crippen LogP contribution in [0, 0.1) is 0 Å². The Balaban J connectivity index is 2.18. The van der Waals surface area contributed by atoms with Crippen LogP contribution in [-0.2, 0) is 4.79 Å². The number of urea groups is 1. The molecule has 18 heavy (non-hydrogen) atoms. The molecule has 1 heterocycles. The first-order valence-corrected chi connectivity index (χ1v) is 5.84. The van der Waals surface area contributed by atoms with E-state index >= 15 is 0 Å². The molecule has 1 aromatic rings. The molecule has 1 saturated heterocycles. The normalized spacial score (nSPS) is 20.7. The Kier molecular flexibility index (Phi) is 3.23. The van der Waals surface area contributed by atoms with Crippen LogP contribution in [0.2, 0.25) is 0 Å². The summed E-state index contributed by atoms with van der Waals surface area (Å²) in [5, 5.41) is 11.7. The second kappa shape index (κ2) is 4.68. The van der Waals surface area contributed by atoms with E-state index in [1.54, 1.807) is 18.9 Å². The maximum absolute atomic E-state index is 11.4. The lowest BCUT2D eigenvalue weighted by Gasteiger charge is -2.18. The first-order valence-electron chi connectivity index (χ1n) is 5.84. The zero-order valence-corrected chi connectivity index (χ0v) is 10.4. The number of carbonyl (C=O) groups excluding carboxylic acids is 1. The predicted molar refractivity (Wildman–Crippen MR) is 66.4 cm³/mol. The van der Waals surface area contributed by atoms with E-state index in [1.165, 1.54) is 0 Å². The van der Waals surface area contributed by atoms with Crippen LogP contribution in [0.15, 0.2) is 24.3 Å². The highest BCUT2D eigenvalue weighted by atomic mass is 16.4. The van der Waals surface area contributed by atoms with E-state index in [2.05, 4.69) is 5.32 Å². The second-order valence-corrected chi connectivity index (χ2v) is 4.54. The third-order valence-corrected chi connectivity index (χ3v) is 3.43. The first kappa shape index (κ1) is 12.4. The van der Waals surface area contributed by atoms with Gasteiger partial charge in [-0.1, -0.05) is 24.3 Å². The molecule has 2 rings (SSSR count). The van der Waals surface area contributed by atoms with E-state index in [9.17, 15) is 9.59 Å². The summed E-state index contributed by atoms with van der Waals surface area (Å²) in [5.74, 6) is -1.35. The molecule has 1 aromatic carbocycles. The molecule has 1 aliphatic rings. The first-order chi connectivity index (χ1) is 8.50. The fourth-order valence-corrected chi connectivity index (χ4v) is 2.08. The van der Waals surface area contributed by atoms with Gasteiger partial charge < -0.3 is 15.3 Å². The Morgan fingerprint density at radius 2 is 2.06 bits per heavy atom. The lowest BCUT2D eigenvalue weighted by molar-refractivity contribution is -0.138. The Hall–Kier alpha value is -2.04. The maximum Gasteiger partial charge on any atom is 0.317 e. The number of carboxylic acid groups (broad SMARTS) is 1. The number of amides is 2. The van der Waals surface area contributed by atoms with Gasteiger partial charge in [-0.3, -0.25) is 4.79 Å². The minimum absolute atomic E-state index is 0.0201. The molecule has 5 heteroatoms. The molecule has 1 fully saturated rings. The summed E-state index contributed by atoms with van der Waals surface area (Å²) in [6, 6.07) is 7.33. The molecule has 0 spiro atoms. The van der Waals surface area contributed by atoms with E-state index in [4.69, 9.17) is 5.11 Å². The lowest BCUT2D eigenvalue weighted by Crippen LogP contribution is -2.25. The average Bonchev–Trinajstić information content (AvgIpc) is 2.69. The van der Waals surface area contributed by atoms with Gasteiger partial charge in [-0.2, -0.15) is 0 Å². The summed E-state index contributed by atoms with van der Waals surface area (Å²) < 4.78 is 0. The van der Waals surface area contributed by atoms with Crippen LogP contribution >= 0.6 is 0 Å². The van der Waals surface area contributed by atoms with Crippen LogP contribution in [0.1, 0.15) is 30.0 Å². The molecule has 0 bridgehead atoms. The number of hydrogen-bond acceptors (Lipinski definition) is 2. The zero-order valence-electron chi connectivity index (χ0n) is 10.4. The summed E-state index contributed by atoms with van der Waals surface area (Å²) in [5.41, 5.74) is 1.78. The van der Waals surface area contributed by atoms with Gasteiger partial charge in [0, 0.05) is 13.6 Å². The molecular formula is C13H16N2O3. The minimum atomic E-state index is -0.836. The van der Waals surface area contributed by atoms with E-state index < -0.39 is 11.9 Å². The van der Waals surface area contributed by atoms with Gasteiger partial charge in [0.25, 0.3) is 0 Å². The summed E-state index contributed by atoms with van der Waals surface area (Å²) >= 11 is 0. The van der Waals surface area contributed by atoms with Gasteiger partial charge in [-0.05, 0) is 18.1 Å². The van der Waals surface area contributed by atoms with Crippen molar-refractivity contribution in [1.29, 1.82) is 0 Å². The van der Waals surface area contributed by atoms with Crippen molar-refractivity contribution in [2.45, 2.75) is 18.9 Å². The van der Waals surface area contributed by atoms with Crippen molar-refractivity contribution in [2.75, 3.05) is 13.6 Å². The summed E-state index contributed by atoms with van der Waals surface area (Å²) in [6.07, 6.45) is 0. The topological polar surface area (TPSA) is 69.6 Å². The van der Waals surface area contributed by atoms with Gasteiger partial charge in [0.1, 0.15) is 0 Å². The van der Waals surface area contributed by atoms with Crippen LogP contribution in [0.3, 0.4) is 0 Å². The van der Waals surface area contributed by atoms with Gasteiger partial charge in [0.05, 0.1) is 12.0 Å². The number of carbonyl (C=O) groups is 2. The van der Waals surface area contributed by atoms with Crippen LogP contribution in [-0.4, -0.2) is 35.6 Å². The van der Waals surface area contributed by atoms with Gasteiger partial charge in [-0.15, -0.1) is 0 Å². The number of nitrogens with zero attached hydrogens (tertiary/aromatic N) is 1. The highest BCUT2D eigenvalue weighted by molar-refractivity contribution is 5.77. The number of likely N-dealkylation sites (N-methyl/N-ethyl adjacent to an activating group) is 1. The standard InChI is InChI=1S/C13H16N2O3/c1-8(12(16)17)9-3-5-10(6-4-9)11-7-14-13(18)15(11)2/h3-6,8,11H,7H2,1-2H3,(H,14,18)(H,16,17)/t8-,11?/m0/s1.